The molecule has 84 valence electrons. The summed E-state index contributed by atoms with van der Waals surface area (Å²) in [7, 11) is 0. The number of aromatic nitrogens is 1. The van der Waals surface area contributed by atoms with Gasteiger partial charge < -0.3 is 10.5 Å². The van der Waals surface area contributed by atoms with Gasteiger partial charge in [-0.3, -0.25) is 4.98 Å². The van der Waals surface area contributed by atoms with Crippen LogP contribution in [0.5, 0.6) is 5.75 Å². The maximum absolute atomic E-state index is 5.71. The summed E-state index contributed by atoms with van der Waals surface area (Å²) < 4.78 is 5.69. The zero-order valence-corrected chi connectivity index (χ0v) is 9.73. The lowest BCUT2D eigenvalue weighted by Gasteiger charge is -2.13. The highest BCUT2D eigenvalue weighted by Gasteiger charge is 2.04. The number of ether oxygens (including phenoxy) is 1. The molecule has 0 aliphatic heterocycles. The fourth-order valence-electron chi connectivity index (χ4n) is 1.43. The molecule has 0 aromatic carbocycles. The summed E-state index contributed by atoms with van der Waals surface area (Å²) >= 11 is 0. The molecule has 0 aliphatic carbocycles. The van der Waals surface area contributed by atoms with E-state index in [1.165, 1.54) is 0 Å². The molecule has 0 fully saturated rings. The second-order valence-corrected chi connectivity index (χ2v) is 3.92. The van der Waals surface area contributed by atoms with Crippen LogP contribution in [0.15, 0.2) is 18.3 Å². The van der Waals surface area contributed by atoms with Crippen LogP contribution in [0.4, 0.5) is 0 Å². The summed E-state index contributed by atoms with van der Waals surface area (Å²) in [6.45, 7) is 6.14. The first-order chi connectivity index (χ1) is 7.13. The van der Waals surface area contributed by atoms with Gasteiger partial charge in [-0.1, -0.05) is 13.3 Å². The second-order valence-electron chi connectivity index (χ2n) is 3.92. The maximum Gasteiger partial charge on any atom is 0.138 e. The van der Waals surface area contributed by atoms with E-state index in [-0.39, 0.29) is 12.1 Å². The molecule has 1 heterocycles. The Kier molecular flexibility index (Phi) is 4.56. The van der Waals surface area contributed by atoms with Crippen molar-refractivity contribution in [3.05, 3.63) is 24.0 Å². The zero-order valence-electron chi connectivity index (χ0n) is 9.73. The minimum absolute atomic E-state index is 0.0212. The van der Waals surface area contributed by atoms with Gasteiger partial charge in [0, 0.05) is 6.04 Å². The van der Waals surface area contributed by atoms with Crippen LogP contribution in [0.25, 0.3) is 0 Å². The molecule has 2 unspecified atom stereocenters. The molecular formula is C12H20N2O. The number of hydrogen-bond acceptors (Lipinski definition) is 3. The molecule has 15 heavy (non-hydrogen) atoms. The SMILES string of the molecule is CCCC(C)Oc1ccc(C(C)N)nc1. The molecule has 1 aromatic rings. The standard InChI is InChI=1S/C12H20N2O/c1-4-5-9(2)15-11-6-7-12(10(3)13)14-8-11/h6-10H,4-5,13H2,1-3H3. The van der Waals surface area contributed by atoms with E-state index in [2.05, 4.69) is 18.8 Å². The van der Waals surface area contributed by atoms with Gasteiger partial charge in [0.2, 0.25) is 0 Å². The van der Waals surface area contributed by atoms with Crippen LogP contribution in [0.2, 0.25) is 0 Å². The van der Waals surface area contributed by atoms with Crippen LogP contribution >= 0.6 is 0 Å². The van der Waals surface area contributed by atoms with Gasteiger partial charge in [-0.2, -0.15) is 0 Å². The number of hydrogen-bond donors (Lipinski definition) is 1. The Morgan fingerprint density at radius 2 is 2.13 bits per heavy atom. The summed E-state index contributed by atoms with van der Waals surface area (Å²) in [4.78, 5) is 4.24. The molecule has 0 radical (unpaired) electrons. The van der Waals surface area contributed by atoms with Crippen molar-refractivity contribution in [1.82, 2.24) is 4.98 Å². The molecule has 0 saturated carbocycles. The second kappa shape index (κ2) is 5.71. The molecule has 2 N–H and O–H groups in total. The number of pyridine rings is 1. The number of rotatable bonds is 5. The van der Waals surface area contributed by atoms with Crippen LogP contribution in [0.3, 0.4) is 0 Å². The summed E-state index contributed by atoms with van der Waals surface area (Å²) in [6, 6.07) is 3.82. The summed E-state index contributed by atoms with van der Waals surface area (Å²) in [6.07, 6.45) is 4.19. The smallest absolute Gasteiger partial charge is 0.138 e. The molecule has 3 heteroatoms. The highest BCUT2D eigenvalue weighted by Crippen LogP contribution is 2.15. The topological polar surface area (TPSA) is 48.1 Å². The lowest BCUT2D eigenvalue weighted by Crippen LogP contribution is -2.12. The lowest BCUT2D eigenvalue weighted by atomic mass is 10.2. The Hall–Kier alpha value is -1.09. The number of nitrogens with two attached hydrogens (primary N) is 1. The van der Waals surface area contributed by atoms with Crippen molar-refractivity contribution < 1.29 is 4.74 Å². The highest BCUT2D eigenvalue weighted by molar-refractivity contribution is 5.21. The molecule has 0 bridgehead atoms. The minimum Gasteiger partial charge on any atom is -0.489 e. The third-order valence-corrected chi connectivity index (χ3v) is 2.26. The predicted octanol–water partition coefficient (Wildman–Crippen LogP) is 2.67. The third-order valence-electron chi connectivity index (χ3n) is 2.26. The third kappa shape index (κ3) is 3.88. The maximum atomic E-state index is 5.71. The zero-order chi connectivity index (χ0) is 11.3. The van der Waals surface area contributed by atoms with Crippen LogP contribution in [0, 0.1) is 0 Å². The van der Waals surface area contributed by atoms with Crippen molar-refractivity contribution in [3.63, 3.8) is 0 Å². The quantitative estimate of drug-likeness (QED) is 0.809. The number of nitrogens with zero attached hydrogens (tertiary/aromatic N) is 1. The highest BCUT2D eigenvalue weighted by atomic mass is 16.5. The largest absolute Gasteiger partial charge is 0.489 e. The van der Waals surface area contributed by atoms with E-state index in [0.717, 1.165) is 24.3 Å². The fourth-order valence-corrected chi connectivity index (χ4v) is 1.43. The van der Waals surface area contributed by atoms with Gasteiger partial charge in [0.15, 0.2) is 0 Å². The van der Waals surface area contributed by atoms with E-state index in [4.69, 9.17) is 10.5 Å². The Bertz CT molecular complexity index is 282. The monoisotopic (exact) mass is 208 g/mol. The van der Waals surface area contributed by atoms with Crippen molar-refractivity contribution in [1.29, 1.82) is 0 Å². The first-order valence-corrected chi connectivity index (χ1v) is 5.51. The van der Waals surface area contributed by atoms with Crippen LogP contribution in [-0.4, -0.2) is 11.1 Å². The predicted molar refractivity (Wildman–Crippen MR) is 61.8 cm³/mol. The van der Waals surface area contributed by atoms with Crippen molar-refractivity contribution in [2.45, 2.75) is 45.8 Å². The molecule has 1 rings (SSSR count). The van der Waals surface area contributed by atoms with Crippen LogP contribution in [0.1, 0.15) is 45.3 Å². The van der Waals surface area contributed by atoms with Crippen LogP contribution in [-0.2, 0) is 0 Å². The molecular weight excluding hydrogens is 188 g/mol. The Labute approximate surface area is 91.7 Å². The Morgan fingerprint density at radius 1 is 1.40 bits per heavy atom. The van der Waals surface area contributed by atoms with E-state index in [1.54, 1.807) is 6.20 Å². The van der Waals surface area contributed by atoms with Gasteiger partial charge in [-0.05, 0) is 32.4 Å². The van der Waals surface area contributed by atoms with E-state index in [9.17, 15) is 0 Å². The van der Waals surface area contributed by atoms with Gasteiger partial charge in [-0.15, -0.1) is 0 Å². The molecule has 2 atom stereocenters. The summed E-state index contributed by atoms with van der Waals surface area (Å²) in [5.74, 6) is 0.820. The average Bonchev–Trinajstić information content (AvgIpc) is 2.18. The lowest BCUT2D eigenvalue weighted by molar-refractivity contribution is 0.209. The van der Waals surface area contributed by atoms with Crippen molar-refractivity contribution in [2.24, 2.45) is 5.73 Å². The summed E-state index contributed by atoms with van der Waals surface area (Å²) in [5.41, 5.74) is 6.60. The van der Waals surface area contributed by atoms with E-state index < -0.39 is 0 Å². The first-order valence-electron chi connectivity index (χ1n) is 5.51. The van der Waals surface area contributed by atoms with Gasteiger partial charge in [-0.25, -0.2) is 0 Å². The Balaban J connectivity index is 2.56. The first kappa shape index (κ1) is 12.0. The normalized spacial score (nSPS) is 14.7. The van der Waals surface area contributed by atoms with Gasteiger partial charge in [0.1, 0.15) is 5.75 Å². The van der Waals surface area contributed by atoms with E-state index in [1.807, 2.05) is 19.1 Å². The van der Waals surface area contributed by atoms with Crippen molar-refractivity contribution >= 4 is 0 Å². The van der Waals surface area contributed by atoms with Gasteiger partial charge in [0.25, 0.3) is 0 Å². The van der Waals surface area contributed by atoms with Crippen molar-refractivity contribution in [2.75, 3.05) is 0 Å². The van der Waals surface area contributed by atoms with Gasteiger partial charge in [0.05, 0.1) is 18.0 Å². The fraction of sp³-hybridized carbons (Fsp3) is 0.583. The molecule has 3 nitrogen and oxygen atoms in total. The average molecular weight is 208 g/mol. The van der Waals surface area contributed by atoms with E-state index in [0.29, 0.717) is 0 Å². The van der Waals surface area contributed by atoms with Crippen LogP contribution < -0.4 is 10.5 Å². The molecule has 0 saturated heterocycles. The molecule has 0 amide bonds. The Morgan fingerprint density at radius 3 is 2.60 bits per heavy atom. The van der Waals surface area contributed by atoms with Gasteiger partial charge >= 0.3 is 0 Å². The minimum atomic E-state index is -0.0212. The molecule has 0 spiro atoms. The molecule has 0 aliphatic rings. The van der Waals surface area contributed by atoms with E-state index >= 15 is 0 Å². The molecule has 1 aromatic heterocycles. The summed E-state index contributed by atoms with van der Waals surface area (Å²) in [5, 5.41) is 0. The van der Waals surface area contributed by atoms with Crippen molar-refractivity contribution in [3.8, 4) is 5.75 Å².